The van der Waals surface area contributed by atoms with Crippen molar-refractivity contribution in [3.05, 3.63) is 53.9 Å². The van der Waals surface area contributed by atoms with E-state index < -0.39 is 0 Å². The number of benzene rings is 1. The van der Waals surface area contributed by atoms with Crippen molar-refractivity contribution in [3.63, 3.8) is 0 Å². The first-order chi connectivity index (χ1) is 8.25. The number of para-hydroxylation sites is 1. The zero-order valence-electron chi connectivity index (χ0n) is 10.4. The van der Waals surface area contributed by atoms with Crippen LogP contribution in [0.2, 0.25) is 0 Å². The SMILES string of the molecule is CC(C)Cc1ccccc1N=Cc1ccc[nH]1. The number of rotatable bonds is 4. The van der Waals surface area contributed by atoms with Gasteiger partial charge in [-0.15, -0.1) is 0 Å². The minimum Gasteiger partial charge on any atom is -0.360 e. The molecule has 0 spiro atoms. The third kappa shape index (κ3) is 3.31. The van der Waals surface area contributed by atoms with E-state index in [1.165, 1.54) is 5.56 Å². The molecule has 1 aromatic carbocycles. The average Bonchev–Trinajstić information content (AvgIpc) is 2.80. The Morgan fingerprint density at radius 1 is 1.18 bits per heavy atom. The highest BCUT2D eigenvalue weighted by atomic mass is 14.8. The van der Waals surface area contributed by atoms with Gasteiger partial charge in [0.15, 0.2) is 0 Å². The van der Waals surface area contributed by atoms with Crippen molar-refractivity contribution >= 4 is 11.9 Å². The highest BCUT2D eigenvalue weighted by Crippen LogP contribution is 2.21. The third-order valence-corrected chi connectivity index (χ3v) is 2.58. The smallest absolute Gasteiger partial charge is 0.0662 e. The molecule has 1 N–H and O–H groups in total. The molecule has 2 nitrogen and oxygen atoms in total. The summed E-state index contributed by atoms with van der Waals surface area (Å²) in [6, 6.07) is 12.3. The van der Waals surface area contributed by atoms with Gasteiger partial charge < -0.3 is 4.98 Å². The molecule has 88 valence electrons. The molecule has 0 saturated carbocycles. The van der Waals surface area contributed by atoms with Crippen molar-refractivity contribution in [2.45, 2.75) is 20.3 Å². The van der Waals surface area contributed by atoms with Crippen molar-refractivity contribution in [3.8, 4) is 0 Å². The normalized spacial score (nSPS) is 11.5. The van der Waals surface area contributed by atoms with E-state index in [1.54, 1.807) is 0 Å². The number of hydrogen-bond donors (Lipinski definition) is 1. The molecule has 0 aliphatic carbocycles. The van der Waals surface area contributed by atoms with E-state index in [0.29, 0.717) is 5.92 Å². The number of H-pyrrole nitrogens is 1. The highest BCUT2D eigenvalue weighted by Gasteiger charge is 2.02. The second-order valence-electron chi connectivity index (χ2n) is 4.61. The quantitative estimate of drug-likeness (QED) is 0.764. The molecule has 1 aromatic heterocycles. The number of nitrogens with one attached hydrogen (secondary N) is 1. The summed E-state index contributed by atoms with van der Waals surface area (Å²) in [5, 5.41) is 0. The lowest BCUT2D eigenvalue weighted by molar-refractivity contribution is 0.648. The summed E-state index contributed by atoms with van der Waals surface area (Å²) in [7, 11) is 0. The van der Waals surface area contributed by atoms with Crippen molar-refractivity contribution in [1.29, 1.82) is 0 Å². The van der Waals surface area contributed by atoms with Gasteiger partial charge in [0, 0.05) is 6.20 Å². The molecule has 0 aliphatic heterocycles. The van der Waals surface area contributed by atoms with E-state index in [9.17, 15) is 0 Å². The lowest BCUT2D eigenvalue weighted by Crippen LogP contribution is -1.94. The molecule has 0 bridgehead atoms. The van der Waals surface area contributed by atoms with E-state index in [4.69, 9.17) is 0 Å². The topological polar surface area (TPSA) is 28.1 Å². The number of aromatic amines is 1. The van der Waals surface area contributed by atoms with Crippen LogP contribution in [0.15, 0.2) is 47.6 Å². The maximum atomic E-state index is 4.55. The minimum absolute atomic E-state index is 0.650. The zero-order valence-corrected chi connectivity index (χ0v) is 10.4. The second-order valence-corrected chi connectivity index (χ2v) is 4.61. The van der Waals surface area contributed by atoms with Crippen LogP contribution in [0, 0.1) is 5.92 Å². The first kappa shape index (κ1) is 11.6. The molecular formula is C15H18N2. The van der Waals surface area contributed by atoms with Gasteiger partial charge in [-0.05, 0) is 36.1 Å². The summed E-state index contributed by atoms with van der Waals surface area (Å²) in [4.78, 5) is 7.66. The molecule has 17 heavy (non-hydrogen) atoms. The summed E-state index contributed by atoms with van der Waals surface area (Å²) in [5.74, 6) is 0.650. The first-order valence-electron chi connectivity index (χ1n) is 6.01. The molecular weight excluding hydrogens is 208 g/mol. The minimum atomic E-state index is 0.650. The van der Waals surface area contributed by atoms with Crippen LogP contribution >= 0.6 is 0 Å². The van der Waals surface area contributed by atoms with Crippen LogP contribution in [0.4, 0.5) is 5.69 Å². The maximum Gasteiger partial charge on any atom is 0.0662 e. The van der Waals surface area contributed by atoms with Crippen LogP contribution < -0.4 is 0 Å². The van der Waals surface area contributed by atoms with Crippen LogP contribution in [-0.2, 0) is 6.42 Å². The molecule has 0 unspecified atom stereocenters. The zero-order chi connectivity index (χ0) is 12.1. The Balaban J connectivity index is 2.20. The predicted molar refractivity (Wildman–Crippen MR) is 73.0 cm³/mol. The lowest BCUT2D eigenvalue weighted by Gasteiger charge is -2.07. The Hall–Kier alpha value is -1.83. The summed E-state index contributed by atoms with van der Waals surface area (Å²) in [5.41, 5.74) is 3.41. The molecule has 2 rings (SSSR count). The standard InChI is InChI=1S/C15H18N2/c1-12(2)10-13-6-3-4-8-15(13)17-11-14-7-5-9-16-14/h3-9,11-12,16H,10H2,1-2H3. The highest BCUT2D eigenvalue weighted by molar-refractivity contribution is 5.80. The summed E-state index contributed by atoms with van der Waals surface area (Å²) < 4.78 is 0. The number of hydrogen-bond acceptors (Lipinski definition) is 1. The fourth-order valence-corrected chi connectivity index (χ4v) is 1.81. The van der Waals surface area contributed by atoms with Gasteiger partial charge in [0.05, 0.1) is 17.6 Å². The average molecular weight is 226 g/mol. The monoisotopic (exact) mass is 226 g/mol. The van der Waals surface area contributed by atoms with Gasteiger partial charge in [-0.25, -0.2) is 0 Å². The van der Waals surface area contributed by atoms with Crippen LogP contribution in [0.3, 0.4) is 0 Å². The molecule has 0 amide bonds. The van der Waals surface area contributed by atoms with Gasteiger partial charge in [0.2, 0.25) is 0 Å². The Morgan fingerprint density at radius 3 is 2.71 bits per heavy atom. The van der Waals surface area contributed by atoms with E-state index in [-0.39, 0.29) is 0 Å². The summed E-state index contributed by atoms with van der Waals surface area (Å²) in [6.45, 7) is 4.46. The molecule has 0 atom stereocenters. The Kier molecular flexibility index (Phi) is 3.76. The maximum absolute atomic E-state index is 4.55. The van der Waals surface area contributed by atoms with E-state index >= 15 is 0 Å². The van der Waals surface area contributed by atoms with Crippen LogP contribution in [0.25, 0.3) is 0 Å². The van der Waals surface area contributed by atoms with Gasteiger partial charge in [-0.2, -0.15) is 0 Å². The van der Waals surface area contributed by atoms with Gasteiger partial charge in [-0.1, -0.05) is 32.0 Å². The molecule has 1 heterocycles. The lowest BCUT2D eigenvalue weighted by atomic mass is 10.0. The Labute approximate surface area is 102 Å². The molecule has 0 aliphatic rings. The Bertz CT molecular complexity index is 481. The van der Waals surface area contributed by atoms with Crippen molar-refractivity contribution < 1.29 is 0 Å². The first-order valence-corrected chi connectivity index (χ1v) is 6.01. The van der Waals surface area contributed by atoms with E-state index in [0.717, 1.165) is 17.8 Å². The number of aliphatic imine (C=N–C) groups is 1. The molecule has 0 radical (unpaired) electrons. The van der Waals surface area contributed by atoms with Gasteiger partial charge in [0.25, 0.3) is 0 Å². The largest absolute Gasteiger partial charge is 0.360 e. The molecule has 2 aromatic rings. The van der Waals surface area contributed by atoms with Crippen molar-refractivity contribution in [2.75, 3.05) is 0 Å². The van der Waals surface area contributed by atoms with Crippen LogP contribution in [0.1, 0.15) is 25.1 Å². The van der Waals surface area contributed by atoms with Crippen LogP contribution in [-0.4, -0.2) is 11.2 Å². The second kappa shape index (κ2) is 5.48. The predicted octanol–water partition coefficient (Wildman–Crippen LogP) is 3.96. The van der Waals surface area contributed by atoms with Crippen LogP contribution in [0.5, 0.6) is 0 Å². The molecule has 0 saturated heterocycles. The van der Waals surface area contributed by atoms with Crippen molar-refractivity contribution in [2.24, 2.45) is 10.9 Å². The fraction of sp³-hybridized carbons (Fsp3) is 0.267. The Morgan fingerprint density at radius 2 is 2.00 bits per heavy atom. The third-order valence-electron chi connectivity index (χ3n) is 2.58. The number of nitrogens with zero attached hydrogens (tertiary/aromatic N) is 1. The fourth-order valence-electron chi connectivity index (χ4n) is 1.81. The molecule has 2 heteroatoms. The van der Waals surface area contributed by atoms with Gasteiger partial charge in [-0.3, -0.25) is 4.99 Å². The summed E-state index contributed by atoms with van der Waals surface area (Å²) >= 11 is 0. The number of aromatic nitrogens is 1. The van der Waals surface area contributed by atoms with E-state index in [1.807, 2.05) is 30.6 Å². The van der Waals surface area contributed by atoms with E-state index in [2.05, 4.69) is 42.0 Å². The summed E-state index contributed by atoms with van der Waals surface area (Å²) in [6.07, 6.45) is 4.85. The van der Waals surface area contributed by atoms with Crippen molar-refractivity contribution in [1.82, 2.24) is 4.98 Å². The molecule has 0 fully saturated rings. The van der Waals surface area contributed by atoms with Gasteiger partial charge >= 0.3 is 0 Å². The van der Waals surface area contributed by atoms with Gasteiger partial charge in [0.1, 0.15) is 0 Å².